The van der Waals surface area contributed by atoms with Gasteiger partial charge in [0, 0.05) is 10.8 Å². The smallest absolute Gasteiger partial charge is 0.247 e. The SMILES string of the molecule is O=S(=O)(Nc1nc(SCc2ccc(Cl)cc2)n[nH]1)c1cccc2nonc12. The highest BCUT2D eigenvalue weighted by atomic mass is 35.5. The van der Waals surface area contributed by atoms with Crippen LogP contribution in [0.1, 0.15) is 5.56 Å². The van der Waals surface area contributed by atoms with Crippen LogP contribution in [0.25, 0.3) is 11.0 Å². The lowest BCUT2D eigenvalue weighted by Crippen LogP contribution is -2.14. The van der Waals surface area contributed by atoms with Gasteiger partial charge in [-0.05, 0) is 40.1 Å². The van der Waals surface area contributed by atoms with Crippen molar-refractivity contribution in [2.45, 2.75) is 15.8 Å². The first kappa shape index (κ1) is 17.8. The van der Waals surface area contributed by atoms with Crippen LogP contribution in [0.15, 0.2) is 57.1 Å². The highest BCUT2D eigenvalue weighted by Gasteiger charge is 2.22. The molecular formula is C15H11ClN6O3S2. The van der Waals surface area contributed by atoms with Gasteiger partial charge in [0.25, 0.3) is 10.0 Å². The van der Waals surface area contributed by atoms with Crippen molar-refractivity contribution in [3.63, 3.8) is 0 Å². The summed E-state index contributed by atoms with van der Waals surface area (Å²) in [5.74, 6) is 0.618. The minimum Gasteiger partial charge on any atom is -0.247 e. The van der Waals surface area contributed by atoms with Crippen LogP contribution in [0.4, 0.5) is 5.95 Å². The van der Waals surface area contributed by atoms with E-state index < -0.39 is 10.0 Å². The van der Waals surface area contributed by atoms with Gasteiger partial charge in [0.2, 0.25) is 11.1 Å². The third-order valence-electron chi connectivity index (χ3n) is 3.52. The van der Waals surface area contributed by atoms with Crippen molar-refractivity contribution in [3.8, 4) is 0 Å². The lowest BCUT2D eigenvalue weighted by atomic mass is 10.2. The Labute approximate surface area is 162 Å². The summed E-state index contributed by atoms with van der Waals surface area (Å²) in [6, 6.07) is 12.0. The van der Waals surface area contributed by atoms with Gasteiger partial charge in [-0.15, -0.1) is 5.10 Å². The molecule has 0 aliphatic heterocycles. The van der Waals surface area contributed by atoms with Crippen LogP contribution < -0.4 is 4.72 Å². The quantitative estimate of drug-likeness (QED) is 0.454. The fraction of sp³-hybridized carbons (Fsp3) is 0.0667. The summed E-state index contributed by atoms with van der Waals surface area (Å²) in [6.45, 7) is 0. The summed E-state index contributed by atoms with van der Waals surface area (Å²) in [5.41, 5.74) is 1.53. The van der Waals surface area contributed by atoms with Crippen molar-refractivity contribution >= 4 is 50.4 Å². The molecule has 0 bridgehead atoms. The molecule has 2 heterocycles. The molecule has 2 N–H and O–H groups in total. The molecule has 9 nitrogen and oxygen atoms in total. The second-order valence-corrected chi connectivity index (χ2v) is 8.41. The van der Waals surface area contributed by atoms with Crippen molar-refractivity contribution in [1.82, 2.24) is 25.5 Å². The van der Waals surface area contributed by atoms with E-state index in [1.54, 1.807) is 24.3 Å². The number of H-pyrrole nitrogens is 1. The number of nitrogens with zero attached hydrogens (tertiary/aromatic N) is 4. The van der Waals surface area contributed by atoms with Crippen LogP contribution in [0.3, 0.4) is 0 Å². The number of halogens is 1. The molecule has 0 unspecified atom stereocenters. The molecule has 138 valence electrons. The number of benzene rings is 2. The van der Waals surface area contributed by atoms with Crippen molar-refractivity contribution in [3.05, 3.63) is 53.1 Å². The minimum absolute atomic E-state index is 0.00191. The molecule has 27 heavy (non-hydrogen) atoms. The van der Waals surface area contributed by atoms with E-state index in [0.717, 1.165) is 5.56 Å². The lowest BCUT2D eigenvalue weighted by Gasteiger charge is -2.04. The molecular weight excluding hydrogens is 412 g/mol. The Morgan fingerprint density at radius 2 is 1.96 bits per heavy atom. The maximum Gasteiger partial charge on any atom is 0.266 e. The molecule has 0 aliphatic carbocycles. The summed E-state index contributed by atoms with van der Waals surface area (Å²) in [4.78, 5) is 4.08. The molecule has 0 saturated heterocycles. The minimum atomic E-state index is -3.94. The molecule has 4 rings (SSSR count). The van der Waals surface area contributed by atoms with Gasteiger partial charge in [-0.25, -0.2) is 22.9 Å². The largest absolute Gasteiger partial charge is 0.266 e. The molecule has 2 aromatic heterocycles. The number of nitrogens with one attached hydrogen (secondary N) is 2. The normalized spacial score (nSPS) is 11.7. The summed E-state index contributed by atoms with van der Waals surface area (Å²) in [6.07, 6.45) is 0. The van der Waals surface area contributed by atoms with E-state index in [0.29, 0.717) is 21.4 Å². The number of sulfonamides is 1. The van der Waals surface area contributed by atoms with E-state index in [4.69, 9.17) is 11.6 Å². The topological polar surface area (TPSA) is 127 Å². The summed E-state index contributed by atoms with van der Waals surface area (Å²) in [7, 11) is -3.94. The highest BCUT2D eigenvalue weighted by molar-refractivity contribution is 7.98. The molecule has 12 heteroatoms. The van der Waals surface area contributed by atoms with Crippen molar-refractivity contribution < 1.29 is 13.0 Å². The monoisotopic (exact) mass is 422 g/mol. The molecule has 0 amide bonds. The maximum absolute atomic E-state index is 12.6. The molecule has 0 saturated carbocycles. The van der Waals surface area contributed by atoms with Crippen LogP contribution in [-0.2, 0) is 15.8 Å². The zero-order chi connectivity index (χ0) is 18.9. The van der Waals surface area contributed by atoms with Crippen LogP contribution in [0, 0.1) is 0 Å². The summed E-state index contributed by atoms with van der Waals surface area (Å²) >= 11 is 7.21. The standard InChI is InChI=1S/C15H11ClN6O3S2/c16-10-6-4-9(5-7-10)8-26-15-17-14(18-19-15)22-27(23,24)12-3-1-2-11-13(12)21-25-20-11/h1-7H,8H2,(H2,17,18,19,22). The molecule has 0 fully saturated rings. The van der Waals surface area contributed by atoms with Crippen LogP contribution in [0.5, 0.6) is 0 Å². The third kappa shape index (κ3) is 3.89. The number of hydrogen-bond acceptors (Lipinski definition) is 8. The van der Waals surface area contributed by atoms with Gasteiger partial charge < -0.3 is 0 Å². The van der Waals surface area contributed by atoms with Crippen LogP contribution in [0.2, 0.25) is 5.02 Å². The molecule has 4 aromatic rings. The molecule has 0 radical (unpaired) electrons. The van der Waals surface area contributed by atoms with Gasteiger partial charge in [0.15, 0.2) is 5.52 Å². The number of rotatable bonds is 6. The average molecular weight is 423 g/mol. The predicted octanol–water partition coefficient (Wildman–Crippen LogP) is 3.09. The predicted molar refractivity (Wildman–Crippen MR) is 100 cm³/mol. The van der Waals surface area contributed by atoms with E-state index in [2.05, 4.69) is 34.8 Å². The first-order chi connectivity index (χ1) is 13.0. The first-order valence-electron chi connectivity index (χ1n) is 7.55. The van der Waals surface area contributed by atoms with Gasteiger partial charge >= 0.3 is 0 Å². The van der Waals surface area contributed by atoms with E-state index in [9.17, 15) is 8.42 Å². The third-order valence-corrected chi connectivity index (χ3v) is 6.06. The van der Waals surface area contributed by atoms with Gasteiger partial charge in [-0.2, -0.15) is 4.98 Å². The lowest BCUT2D eigenvalue weighted by molar-refractivity contribution is 0.315. The number of anilines is 1. The number of thioether (sulfide) groups is 1. The van der Waals surface area contributed by atoms with Gasteiger partial charge in [0.1, 0.15) is 10.4 Å². The maximum atomic E-state index is 12.6. The zero-order valence-corrected chi connectivity index (χ0v) is 15.8. The summed E-state index contributed by atoms with van der Waals surface area (Å²) < 4.78 is 32.2. The molecule has 0 aliphatic rings. The number of aromatic nitrogens is 5. The second-order valence-electron chi connectivity index (χ2n) is 5.38. The number of hydrogen-bond donors (Lipinski definition) is 2. The Bertz CT molecular complexity index is 1190. The molecule has 2 aromatic carbocycles. The fourth-order valence-corrected chi connectivity index (χ4v) is 4.26. The highest BCUT2D eigenvalue weighted by Crippen LogP contribution is 2.24. The molecule has 0 spiro atoms. The second kappa shape index (κ2) is 7.18. The van der Waals surface area contributed by atoms with Crippen molar-refractivity contribution in [1.29, 1.82) is 0 Å². The van der Waals surface area contributed by atoms with Crippen molar-refractivity contribution in [2.75, 3.05) is 4.72 Å². The Morgan fingerprint density at radius 3 is 2.78 bits per heavy atom. The van der Waals surface area contributed by atoms with E-state index >= 15 is 0 Å². The Balaban J connectivity index is 1.48. The zero-order valence-electron chi connectivity index (χ0n) is 13.5. The Hall–Kier alpha value is -2.63. The van der Waals surface area contributed by atoms with E-state index in [-0.39, 0.29) is 16.4 Å². The van der Waals surface area contributed by atoms with Gasteiger partial charge in [0.05, 0.1) is 0 Å². The van der Waals surface area contributed by atoms with Crippen LogP contribution in [-0.4, -0.2) is 33.9 Å². The van der Waals surface area contributed by atoms with Crippen molar-refractivity contribution in [2.24, 2.45) is 0 Å². The first-order valence-corrected chi connectivity index (χ1v) is 10.4. The van der Waals surface area contributed by atoms with Crippen LogP contribution >= 0.6 is 23.4 Å². The number of aromatic amines is 1. The van der Waals surface area contributed by atoms with Gasteiger partial charge in [-0.1, -0.05) is 41.6 Å². The summed E-state index contributed by atoms with van der Waals surface area (Å²) in [5, 5.41) is 14.9. The number of fused-ring (bicyclic) bond motifs is 1. The van der Waals surface area contributed by atoms with E-state index in [1.165, 1.54) is 17.8 Å². The Morgan fingerprint density at radius 1 is 1.15 bits per heavy atom. The molecule has 0 atom stereocenters. The van der Waals surface area contributed by atoms with Gasteiger partial charge in [-0.3, -0.25) is 0 Å². The van der Waals surface area contributed by atoms with E-state index in [1.807, 2.05) is 12.1 Å². The fourth-order valence-electron chi connectivity index (χ4n) is 2.27. The Kier molecular flexibility index (Phi) is 4.72. The average Bonchev–Trinajstić information content (AvgIpc) is 3.29.